The molecule has 1 aliphatic carbocycles. The summed E-state index contributed by atoms with van der Waals surface area (Å²) in [5.74, 6) is 0. The van der Waals surface area contributed by atoms with Gasteiger partial charge in [0.05, 0.1) is 5.38 Å². The van der Waals surface area contributed by atoms with E-state index in [0.717, 1.165) is 19.3 Å². The van der Waals surface area contributed by atoms with Crippen LogP contribution in [0.2, 0.25) is 0 Å². The summed E-state index contributed by atoms with van der Waals surface area (Å²) < 4.78 is 1.95. The van der Waals surface area contributed by atoms with Gasteiger partial charge in [-0.1, -0.05) is 18.1 Å². The second-order valence-corrected chi connectivity index (χ2v) is 5.09. The molecule has 16 heavy (non-hydrogen) atoms. The number of nitrogens with zero attached hydrogens (tertiary/aromatic N) is 2. The fraction of sp³-hybridized carbons (Fsp3) is 0.615. The first-order valence-corrected chi connectivity index (χ1v) is 6.50. The van der Waals surface area contributed by atoms with Crippen LogP contribution < -0.4 is 0 Å². The van der Waals surface area contributed by atoms with Crippen molar-refractivity contribution in [2.24, 2.45) is 7.05 Å². The fourth-order valence-corrected chi connectivity index (χ4v) is 2.59. The van der Waals surface area contributed by atoms with Crippen LogP contribution in [0, 0.1) is 0 Å². The molecule has 0 spiro atoms. The molecule has 0 N–H and O–H groups in total. The monoisotopic (exact) mass is 238 g/mol. The van der Waals surface area contributed by atoms with Crippen LogP contribution in [0.1, 0.15) is 37.8 Å². The van der Waals surface area contributed by atoms with Crippen LogP contribution in [0.15, 0.2) is 23.9 Å². The van der Waals surface area contributed by atoms with Gasteiger partial charge < -0.3 is 0 Å². The van der Waals surface area contributed by atoms with Crippen molar-refractivity contribution in [1.82, 2.24) is 9.78 Å². The third-order valence-corrected chi connectivity index (χ3v) is 3.61. The molecule has 0 aromatic carbocycles. The third kappa shape index (κ3) is 3.11. The summed E-state index contributed by atoms with van der Waals surface area (Å²) >= 11 is 6.21. The smallest absolute Gasteiger partial charge is 0.0518 e. The summed E-state index contributed by atoms with van der Waals surface area (Å²) in [6.07, 6.45) is 11.2. The predicted molar refractivity (Wildman–Crippen MR) is 67.7 cm³/mol. The Balaban J connectivity index is 1.92. The molecule has 0 fully saturated rings. The van der Waals surface area contributed by atoms with E-state index in [1.54, 1.807) is 0 Å². The molecule has 1 unspecified atom stereocenters. The number of aromatic nitrogens is 2. The van der Waals surface area contributed by atoms with Crippen LogP contribution in [0.25, 0.3) is 0 Å². The zero-order chi connectivity index (χ0) is 11.4. The minimum Gasteiger partial charge on any atom is -0.273 e. The second-order valence-electron chi connectivity index (χ2n) is 4.53. The van der Waals surface area contributed by atoms with Gasteiger partial charge in [-0.15, -0.1) is 11.6 Å². The molecule has 1 aromatic heterocycles. The zero-order valence-electron chi connectivity index (χ0n) is 9.82. The van der Waals surface area contributed by atoms with Gasteiger partial charge >= 0.3 is 0 Å². The highest BCUT2D eigenvalue weighted by atomic mass is 35.5. The quantitative estimate of drug-likeness (QED) is 0.583. The summed E-state index contributed by atoms with van der Waals surface area (Å²) in [5.41, 5.74) is 2.83. The zero-order valence-corrected chi connectivity index (χ0v) is 10.6. The lowest BCUT2D eigenvalue weighted by Gasteiger charge is -2.06. The number of hydrogen-bond acceptors (Lipinski definition) is 1. The maximum Gasteiger partial charge on any atom is 0.0518 e. The van der Waals surface area contributed by atoms with Gasteiger partial charge in [0.25, 0.3) is 0 Å². The Bertz CT molecular complexity index is 368. The number of aryl methyl sites for hydroxylation is 2. The molecule has 1 atom stereocenters. The molecule has 0 bridgehead atoms. The summed E-state index contributed by atoms with van der Waals surface area (Å²) in [6, 6.07) is 2.09. The van der Waals surface area contributed by atoms with Crippen molar-refractivity contribution in [3.63, 3.8) is 0 Å². The summed E-state index contributed by atoms with van der Waals surface area (Å²) in [7, 11) is 2.00. The molecular weight excluding hydrogens is 220 g/mol. The lowest BCUT2D eigenvalue weighted by atomic mass is 10.0. The van der Waals surface area contributed by atoms with E-state index in [-0.39, 0.29) is 5.38 Å². The molecule has 2 nitrogen and oxygen atoms in total. The predicted octanol–water partition coefficient (Wildman–Crippen LogP) is 3.46. The van der Waals surface area contributed by atoms with Crippen molar-refractivity contribution >= 4 is 11.6 Å². The van der Waals surface area contributed by atoms with Crippen LogP contribution in [-0.4, -0.2) is 15.2 Å². The number of allylic oxidation sites excluding steroid dienone is 2. The second kappa shape index (κ2) is 5.53. The molecule has 1 aromatic rings. The third-order valence-electron chi connectivity index (χ3n) is 3.27. The van der Waals surface area contributed by atoms with Gasteiger partial charge in [-0.3, -0.25) is 4.68 Å². The molecule has 0 radical (unpaired) electrons. The lowest BCUT2D eigenvalue weighted by molar-refractivity contribution is 0.681. The van der Waals surface area contributed by atoms with Crippen molar-refractivity contribution in [3.8, 4) is 0 Å². The SMILES string of the molecule is Cn1nccc1CCC1=CC(Cl)CCCC1. The highest BCUT2D eigenvalue weighted by Crippen LogP contribution is 2.24. The number of rotatable bonds is 3. The summed E-state index contributed by atoms with van der Waals surface area (Å²) in [6.45, 7) is 0. The van der Waals surface area contributed by atoms with E-state index >= 15 is 0 Å². The topological polar surface area (TPSA) is 17.8 Å². The van der Waals surface area contributed by atoms with Gasteiger partial charge in [-0.05, 0) is 38.2 Å². The number of hydrogen-bond donors (Lipinski definition) is 0. The first-order valence-electron chi connectivity index (χ1n) is 6.06. The van der Waals surface area contributed by atoms with E-state index in [2.05, 4.69) is 17.2 Å². The largest absolute Gasteiger partial charge is 0.273 e. The van der Waals surface area contributed by atoms with Crippen molar-refractivity contribution in [2.45, 2.75) is 43.9 Å². The van der Waals surface area contributed by atoms with Gasteiger partial charge in [-0.25, -0.2) is 0 Å². The maximum atomic E-state index is 6.21. The Morgan fingerprint density at radius 3 is 3.06 bits per heavy atom. The van der Waals surface area contributed by atoms with Gasteiger partial charge in [0, 0.05) is 18.9 Å². The maximum absolute atomic E-state index is 6.21. The fourth-order valence-electron chi connectivity index (χ4n) is 2.26. The van der Waals surface area contributed by atoms with Crippen molar-refractivity contribution in [3.05, 3.63) is 29.6 Å². The van der Waals surface area contributed by atoms with Gasteiger partial charge in [0.15, 0.2) is 0 Å². The Hall–Kier alpha value is -0.760. The van der Waals surface area contributed by atoms with E-state index in [4.69, 9.17) is 11.6 Å². The molecule has 0 aliphatic heterocycles. The van der Waals surface area contributed by atoms with Crippen LogP contribution in [-0.2, 0) is 13.5 Å². The Morgan fingerprint density at radius 1 is 1.44 bits per heavy atom. The Kier molecular flexibility index (Phi) is 4.05. The van der Waals surface area contributed by atoms with Crippen LogP contribution >= 0.6 is 11.6 Å². The minimum absolute atomic E-state index is 0.254. The molecule has 1 aliphatic rings. The summed E-state index contributed by atoms with van der Waals surface area (Å²) in [5, 5.41) is 4.44. The van der Waals surface area contributed by atoms with Crippen molar-refractivity contribution in [1.29, 1.82) is 0 Å². The van der Waals surface area contributed by atoms with Gasteiger partial charge in [0.1, 0.15) is 0 Å². The standard InChI is InChI=1S/C13H19ClN2/c1-16-13(8-9-15-16)7-6-11-4-2-3-5-12(14)10-11/h8-10,12H,2-7H2,1H3. The number of halogens is 1. The van der Waals surface area contributed by atoms with E-state index in [1.165, 1.54) is 30.5 Å². The Labute approximate surface area is 102 Å². The highest BCUT2D eigenvalue weighted by Gasteiger charge is 2.10. The van der Waals surface area contributed by atoms with E-state index in [0.29, 0.717) is 0 Å². The first-order chi connectivity index (χ1) is 7.75. The van der Waals surface area contributed by atoms with E-state index < -0.39 is 0 Å². The molecule has 0 saturated heterocycles. The molecule has 0 saturated carbocycles. The molecule has 88 valence electrons. The van der Waals surface area contributed by atoms with E-state index in [9.17, 15) is 0 Å². The average molecular weight is 239 g/mol. The van der Waals surface area contributed by atoms with Crippen molar-refractivity contribution < 1.29 is 0 Å². The van der Waals surface area contributed by atoms with Crippen LogP contribution in [0.3, 0.4) is 0 Å². The van der Waals surface area contributed by atoms with Crippen LogP contribution in [0.5, 0.6) is 0 Å². The van der Waals surface area contributed by atoms with Gasteiger partial charge in [0.2, 0.25) is 0 Å². The molecule has 3 heteroatoms. The highest BCUT2D eigenvalue weighted by molar-refractivity contribution is 6.21. The van der Waals surface area contributed by atoms with Crippen molar-refractivity contribution in [2.75, 3.05) is 0 Å². The molecule has 1 heterocycles. The molecular formula is C13H19ClN2. The first kappa shape index (κ1) is 11.7. The average Bonchev–Trinajstić information content (AvgIpc) is 2.54. The van der Waals surface area contributed by atoms with Crippen LogP contribution in [0.4, 0.5) is 0 Å². The molecule has 2 rings (SSSR count). The van der Waals surface area contributed by atoms with Gasteiger partial charge in [-0.2, -0.15) is 5.10 Å². The minimum atomic E-state index is 0.254. The molecule has 0 amide bonds. The normalized spacial score (nSPS) is 21.6. The number of alkyl halides is 1. The summed E-state index contributed by atoms with van der Waals surface area (Å²) in [4.78, 5) is 0. The van der Waals surface area contributed by atoms with E-state index in [1.807, 2.05) is 17.9 Å². The lowest BCUT2D eigenvalue weighted by Crippen LogP contribution is -1.99. The Morgan fingerprint density at radius 2 is 2.31 bits per heavy atom.